The average Bonchev–Trinajstić information content (AvgIpc) is 2.88. The lowest BCUT2D eigenvalue weighted by Crippen LogP contribution is -2.20. The van der Waals surface area contributed by atoms with Crippen LogP contribution in [0.2, 0.25) is 0 Å². The molecule has 0 atom stereocenters. The Morgan fingerprint density at radius 2 is 1.59 bits per heavy atom. The molecule has 0 spiro atoms. The quantitative estimate of drug-likeness (QED) is 0.855. The van der Waals surface area contributed by atoms with Crippen molar-refractivity contribution in [3.8, 4) is 11.1 Å². The Morgan fingerprint density at radius 1 is 0.955 bits per heavy atom. The van der Waals surface area contributed by atoms with E-state index in [1.54, 1.807) is 7.05 Å². The monoisotopic (exact) mass is 310 g/mol. The summed E-state index contributed by atoms with van der Waals surface area (Å²) in [7, 11) is 1.74. The van der Waals surface area contributed by atoms with Crippen LogP contribution in [0.1, 0.15) is 5.56 Å². The van der Waals surface area contributed by atoms with Crippen LogP contribution in [0.4, 0.5) is 4.79 Å². The summed E-state index contributed by atoms with van der Waals surface area (Å²) in [6.07, 6.45) is 0. The highest BCUT2D eigenvalue weighted by atomic mass is 32.2. The number of thioether (sulfide) groups is 1. The number of carbonyl (C=O) groups excluding carboxylic acids is 2. The lowest BCUT2D eigenvalue weighted by Gasteiger charge is -2.10. The van der Waals surface area contributed by atoms with Gasteiger partial charge in [0.15, 0.2) is 0 Å². The van der Waals surface area contributed by atoms with Gasteiger partial charge in [-0.05, 0) is 28.5 Å². The summed E-state index contributed by atoms with van der Waals surface area (Å²) in [4.78, 5) is 23.5. The van der Waals surface area contributed by atoms with Gasteiger partial charge in [-0.1, -0.05) is 54.6 Å². The number of amides is 2. The van der Waals surface area contributed by atoms with Crippen molar-refractivity contribution in [1.82, 2.24) is 10.6 Å². The van der Waals surface area contributed by atoms with Crippen molar-refractivity contribution >= 4 is 28.6 Å². The Balaban J connectivity index is 1.97. The summed E-state index contributed by atoms with van der Waals surface area (Å²) < 4.78 is 0. The molecule has 22 heavy (non-hydrogen) atoms. The molecule has 1 fully saturated rings. The van der Waals surface area contributed by atoms with Crippen molar-refractivity contribution in [3.05, 3.63) is 65.1 Å². The third kappa shape index (κ3) is 2.76. The minimum atomic E-state index is -0.355. The molecule has 2 N–H and O–H groups in total. The summed E-state index contributed by atoms with van der Waals surface area (Å²) in [6.45, 7) is 0. The van der Waals surface area contributed by atoms with Gasteiger partial charge in [0.1, 0.15) is 4.91 Å². The maximum atomic E-state index is 11.8. The van der Waals surface area contributed by atoms with Gasteiger partial charge in [0.2, 0.25) is 0 Å². The molecular formula is C17H14N2O2S. The Bertz CT molecular complexity index is 752. The molecule has 3 rings (SSSR count). The molecule has 0 saturated carbocycles. The van der Waals surface area contributed by atoms with Gasteiger partial charge in [-0.2, -0.15) is 0 Å². The lowest BCUT2D eigenvalue weighted by atomic mass is 10.0. The molecule has 5 heteroatoms. The first-order chi connectivity index (χ1) is 10.7. The molecule has 2 amide bonds. The van der Waals surface area contributed by atoms with Gasteiger partial charge in [0.05, 0.1) is 5.70 Å². The number of nitrogens with one attached hydrogen (secondary N) is 2. The molecule has 1 aliphatic heterocycles. The highest BCUT2D eigenvalue weighted by molar-refractivity contribution is 8.18. The highest BCUT2D eigenvalue weighted by Gasteiger charge is 2.28. The third-order valence-corrected chi connectivity index (χ3v) is 4.26. The van der Waals surface area contributed by atoms with Gasteiger partial charge in [-0.15, -0.1) is 0 Å². The molecule has 0 bridgehead atoms. The summed E-state index contributed by atoms with van der Waals surface area (Å²) >= 11 is 0.919. The van der Waals surface area contributed by atoms with Gasteiger partial charge < -0.3 is 5.32 Å². The smallest absolute Gasteiger partial charge is 0.291 e. The van der Waals surface area contributed by atoms with Crippen molar-refractivity contribution in [2.75, 3.05) is 7.05 Å². The predicted octanol–water partition coefficient (Wildman–Crippen LogP) is 3.22. The van der Waals surface area contributed by atoms with Gasteiger partial charge in [0, 0.05) is 7.05 Å². The van der Waals surface area contributed by atoms with E-state index in [1.807, 2.05) is 54.6 Å². The van der Waals surface area contributed by atoms with Crippen LogP contribution in [-0.4, -0.2) is 18.2 Å². The minimum Gasteiger partial charge on any atom is -0.387 e. The van der Waals surface area contributed by atoms with Crippen LogP contribution in [0, 0.1) is 0 Å². The fraction of sp³-hybridized carbons (Fsp3) is 0.0588. The zero-order chi connectivity index (χ0) is 15.5. The first-order valence-electron chi connectivity index (χ1n) is 6.80. The van der Waals surface area contributed by atoms with E-state index in [2.05, 4.69) is 10.6 Å². The second-order valence-corrected chi connectivity index (χ2v) is 5.72. The van der Waals surface area contributed by atoms with Gasteiger partial charge >= 0.3 is 0 Å². The van der Waals surface area contributed by atoms with Crippen molar-refractivity contribution in [2.45, 2.75) is 0 Å². The molecule has 110 valence electrons. The van der Waals surface area contributed by atoms with Gasteiger partial charge in [-0.3, -0.25) is 14.9 Å². The van der Waals surface area contributed by atoms with Crippen molar-refractivity contribution < 1.29 is 9.59 Å². The fourth-order valence-corrected chi connectivity index (χ4v) is 3.12. The fourth-order valence-electron chi connectivity index (χ4n) is 2.33. The predicted molar refractivity (Wildman–Crippen MR) is 89.0 cm³/mol. The molecule has 0 aromatic heterocycles. The van der Waals surface area contributed by atoms with E-state index in [4.69, 9.17) is 0 Å². The second kappa shape index (κ2) is 6.07. The van der Waals surface area contributed by atoms with Crippen LogP contribution < -0.4 is 10.6 Å². The van der Waals surface area contributed by atoms with E-state index in [1.165, 1.54) is 0 Å². The standard InChI is InChI=1S/C17H14N2O2S/c1-18-14(15-16(20)19-17(21)22-15)13-9-7-12(8-10-13)11-5-3-2-4-6-11/h2-10,18H,1H3,(H,19,20,21)/b15-14+. The second-order valence-electron chi connectivity index (χ2n) is 4.74. The molecule has 1 aliphatic rings. The summed E-state index contributed by atoms with van der Waals surface area (Å²) in [6, 6.07) is 18.0. The van der Waals surface area contributed by atoms with E-state index in [9.17, 15) is 9.59 Å². The Labute approximate surface area is 132 Å². The largest absolute Gasteiger partial charge is 0.387 e. The number of carbonyl (C=O) groups is 2. The Hall–Kier alpha value is -2.53. The summed E-state index contributed by atoms with van der Waals surface area (Å²) in [5.74, 6) is -0.355. The molecular weight excluding hydrogens is 296 g/mol. The van der Waals surface area contributed by atoms with E-state index < -0.39 is 0 Å². The molecule has 1 heterocycles. The number of hydrogen-bond acceptors (Lipinski definition) is 4. The number of benzene rings is 2. The maximum absolute atomic E-state index is 11.8. The Morgan fingerprint density at radius 3 is 2.14 bits per heavy atom. The molecule has 2 aromatic carbocycles. The Kier molecular flexibility index (Phi) is 3.98. The zero-order valence-electron chi connectivity index (χ0n) is 11.9. The molecule has 0 unspecified atom stereocenters. The summed E-state index contributed by atoms with van der Waals surface area (Å²) in [5.41, 5.74) is 3.77. The number of hydrogen-bond donors (Lipinski definition) is 2. The lowest BCUT2D eigenvalue weighted by molar-refractivity contribution is -0.115. The van der Waals surface area contributed by atoms with Crippen LogP contribution in [0.25, 0.3) is 16.8 Å². The molecule has 4 nitrogen and oxygen atoms in total. The van der Waals surface area contributed by atoms with Crippen LogP contribution in [0.15, 0.2) is 59.5 Å². The van der Waals surface area contributed by atoms with E-state index in [0.29, 0.717) is 10.6 Å². The minimum absolute atomic E-state index is 0.339. The van der Waals surface area contributed by atoms with Crippen LogP contribution >= 0.6 is 11.8 Å². The van der Waals surface area contributed by atoms with Crippen LogP contribution in [0.3, 0.4) is 0 Å². The van der Waals surface area contributed by atoms with E-state index in [-0.39, 0.29) is 11.1 Å². The number of rotatable bonds is 3. The molecule has 0 radical (unpaired) electrons. The normalized spacial score (nSPS) is 16.4. The number of imide groups is 1. The zero-order valence-corrected chi connectivity index (χ0v) is 12.7. The van der Waals surface area contributed by atoms with Crippen LogP contribution in [-0.2, 0) is 4.79 Å². The highest BCUT2D eigenvalue weighted by Crippen LogP contribution is 2.31. The van der Waals surface area contributed by atoms with Crippen molar-refractivity contribution in [3.63, 3.8) is 0 Å². The van der Waals surface area contributed by atoms with Crippen molar-refractivity contribution in [1.29, 1.82) is 0 Å². The summed E-state index contributed by atoms with van der Waals surface area (Å²) in [5, 5.41) is 4.95. The van der Waals surface area contributed by atoms with Gasteiger partial charge in [0.25, 0.3) is 11.1 Å². The van der Waals surface area contributed by atoms with Crippen LogP contribution in [0.5, 0.6) is 0 Å². The molecule has 0 aliphatic carbocycles. The SMILES string of the molecule is CN/C(=C1/SC(=O)NC1=O)c1ccc(-c2ccccc2)cc1. The first-order valence-corrected chi connectivity index (χ1v) is 7.62. The topological polar surface area (TPSA) is 58.2 Å². The average molecular weight is 310 g/mol. The van der Waals surface area contributed by atoms with E-state index >= 15 is 0 Å². The van der Waals surface area contributed by atoms with E-state index in [0.717, 1.165) is 28.5 Å². The van der Waals surface area contributed by atoms with Crippen molar-refractivity contribution in [2.24, 2.45) is 0 Å². The molecule has 1 saturated heterocycles. The first kappa shape index (κ1) is 14.4. The van der Waals surface area contributed by atoms with Gasteiger partial charge in [-0.25, -0.2) is 0 Å². The third-order valence-electron chi connectivity index (χ3n) is 3.37. The molecule has 2 aromatic rings. The maximum Gasteiger partial charge on any atom is 0.291 e.